The minimum absolute atomic E-state index is 0.0170. The number of thiophene rings is 1. The van der Waals surface area contributed by atoms with Gasteiger partial charge in [-0.05, 0) is 29.6 Å². The fraction of sp³-hybridized carbons (Fsp3) is 0.368. The summed E-state index contributed by atoms with van der Waals surface area (Å²) in [6.07, 6.45) is 0. The minimum Gasteiger partial charge on any atom is -0.495 e. The highest BCUT2D eigenvalue weighted by Gasteiger charge is 2.22. The maximum absolute atomic E-state index is 12.5. The molecule has 2 aromatic rings. The zero-order valence-electron chi connectivity index (χ0n) is 16.9. The van der Waals surface area contributed by atoms with E-state index in [-0.39, 0.29) is 35.3 Å². The Morgan fingerprint density at radius 1 is 1.20 bits per heavy atom. The van der Waals surface area contributed by atoms with Crippen molar-refractivity contribution in [2.45, 2.75) is 11.4 Å². The number of nitrogens with zero attached hydrogens (tertiary/aromatic N) is 1. The molecular weight excluding hydrogens is 432 g/mol. The standard InChI is InChI=1S/C19H24N2O7S2/c1-21(12-15-5-4-10-29-15)18(22)13-28-19(23)14-6-7-16(27-3)17(11-14)30(24,25)20-8-9-26-2/h4-7,10-11,20H,8-9,12-13H2,1-3H3. The highest BCUT2D eigenvalue weighted by Crippen LogP contribution is 2.25. The van der Waals surface area contributed by atoms with Gasteiger partial charge in [0.05, 0.1) is 25.8 Å². The molecule has 0 aliphatic rings. The van der Waals surface area contributed by atoms with E-state index in [9.17, 15) is 18.0 Å². The average Bonchev–Trinajstić information content (AvgIpc) is 3.24. The van der Waals surface area contributed by atoms with Crippen molar-refractivity contribution in [2.75, 3.05) is 41.0 Å². The van der Waals surface area contributed by atoms with E-state index in [1.165, 1.54) is 42.6 Å². The van der Waals surface area contributed by atoms with Gasteiger partial charge in [0.25, 0.3) is 5.91 Å². The maximum atomic E-state index is 12.5. The Hall–Kier alpha value is -2.47. The van der Waals surface area contributed by atoms with Crippen molar-refractivity contribution in [1.29, 1.82) is 0 Å². The van der Waals surface area contributed by atoms with Gasteiger partial charge in [0.1, 0.15) is 10.6 Å². The van der Waals surface area contributed by atoms with Crippen LogP contribution < -0.4 is 9.46 Å². The number of ether oxygens (including phenoxy) is 3. The summed E-state index contributed by atoms with van der Waals surface area (Å²) in [6.45, 7) is 0.194. The quantitative estimate of drug-likeness (QED) is 0.403. The van der Waals surface area contributed by atoms with E-state index in [0.717, 1.165) is 10.9 Å². The molecule has 0 atom stereocenters. The minimum atomic E-state index is -3.94. The molecule has 164 valence electrons. The van der Waals surface area contributed by atoms with Crippen LogP contribution in [0.5, 0.6) is 5.75 Å². The van der Waals surface area contributed by atoms with Gasteiger partial charge in [-0.1, -0.05) is 6.07 Å². The third-order valence-corrected chi connectivity index (χ3v) is 6.36. The largest absolute Gasteiger partial charge is 0.495 e. The van der Waals surface area contributed by atoms with Gasteiger partial charge in [-0.15, -0.1) is 11.3 Å². The first-order valence-corrected chi connectivity index (χ1v) is 11.2. The van der Waals surface area contributed by atoms with E-state index in [1.54, 1.807) is 7.05 Å². The zero-order valence-corrected chi connectivity index (χ0v) is 18.5. The average molecular weight is 457 g/mol. The topological polar surface area (TPSA) is 111 Å². The monoisotopic (exact) mass is 456 g/mol. The van der Waals surface area contributed by atoms with Crippen LogP contribution in [0.15, 0.2) is 40.6 Å². The van der Waals surface area contributed by atoms with Crippen LogP contribution in [-0.2, 0) is 30.8 Å². The van der Waals surface area contributed by atoms with Gasteiger partial charge in [0.2, 0.25) is 10.0 Å². The number of amides is 1. The normalized spacial score (nSPS) is 11.2. The summed E-state index contributed by atoms with van der Waals surface area (Å²) in [5.41, 5.74) is -0.0170. The predicted octanol–water partition coefficient (Wildman–Crippen LogP) is 1.50. The number of benzene rings is 1. The number of likely N-dealkylation sites (N-methyl/N-ethyl adjacent to an activating group) is 1. The maximum Gasteiger partial charge on any atom is 0.338 e. The van der Waals surface area contributed by atoms with E-state index in [2.05, 4.69) is 4.72 Å². The summed E-state index contributed by atoms with van der Waals surface area (Å²) < 4.78 is 42.4. The second kappa shape index (κ2) is 11.1. The Kier molecular flexibility index (Phi) is 8.78. The Morgan fingerprint density at radius 2 is 1.97 bits per heavy atom. The lowest BCUT2D eigenvalue weighted by atomic mass is 10.2. The summed E-state index contributed by atoms with van der Waals surface area (Å²) in [5, 5.41) is 1.91. The molecule has 0 saturated carbocycles. The van der Waals surface area contributed by atoms with Crippen molar-refractivity contribution >= 4 is 33.2 Å². The van der Waals surface area contributed by atoms with Gasteiger partial charge in [-0.3, -0.25) is 4.79 Å². The van der Waals surface area contributed by atoms with Crippen LogP contribution in [0.25, 0.3) is 0 Å². The van der Waals surface area contributed by atoms with E-state index in [0.29, 0.717) is 6.54 Å². The number of methoxy groups -OCH3 is 2. The van der Waals surface area contributed by atoms with Gasteiger partial charge in [-0.25, -0.2) is 17.9 Å². The first kappa shape index (κ1) is 23.8. The Bertz CT molecular complexity index is 959. The first-order chi connectivity index (χ1) is 14.3. The molecule has 1 aromatic carbocycles. The molecule has 2 rings (SSSR count). The van der Waals surface area contributed by atoms with E-state index < -0.39 is 22.6 Å². The van der Waals surface area contributed by atoms with Crippen molar-refractivity contribution in [1.82, 2.24) is 9.62 Å². The van der Waals surface area contributed by atoms with Gasteiger partial charge in [-0.2, -0.15) is 0 Å². The summed E-state index contributed by atoms with van der Waals surface area (Å²) in [5.74, 6) is -1.12. The SMILES string of the molecule is COCCNS(=O)(=O)c1cc(C(=O)OCC(=O)N(C)Cc2cccs2)ccc1OC. The lowest BCUT2D eigenvalue weighted by Gasteiger charge is -2.16. The molecule has 0 aliphatic carbocycles. The van der Waals surface area contributed by atoms with Crippen LogP contribution in [0.1, 0.15) is 15.2 Å². The Balaban J connectivity index is 2.05. The molecule has 0 fully saturated rings. The molecule has 0 unspecified atom stereocenters. The predicted molar refractivity (Wildman–Crippen MR) is 111 cm³/mol. The number of hydrogen-bond donors (Lipinski definition) is 1. The van der Waals surface area contributed by atoms with Crippen molar-refractivity contribution < 1.29 is 32.2 Å². The van der Waals surface area contributed by atoms with Gasteiger partial charge in [0, 0.05) is 25.6 Å². The van der Waals surface area contributed by atoms with Crippen LogP contribution in [0.4, 0.5) is 0 Å². The molecule has 1 N–H and O–H groups in total. The summed E-state index contributed by atoms with van der Waals surface area (Å²) in [4.78, 5) is 26.8. The van der Waals surface area contributed by atoms with Gasteiger partial charge in [0.15, 0.2) is 6.61 Å². The number of hydrogen-bond acceptors (Lipinski definition) is 8. The second-order valence-corrected chi connectivity index (χ2v) is 8.93. The van der Waals surface area contributed by atoms with Crippen LogP contribution >= 0.6 is 11.3 Å². The number of rotatable bonds is 11. The second-order valence-electron chi connectivity index (χ2n) is 6.16. The molecule has 0 bridgehead atoms. The Morgan fingerprint density at radius 3 is 2.60 bits per heavy atom. The first-order valence-electron chi connectivity index (χ1n) is 8.88. The van der Waals surface area contributed by atoms with Crippen molar-refractivity contribution in [3.63, 3.8) is 0 Å². The Labute approximate surface area is 179 Å². The van der Waals surface area contributed by atoms with E-state index in [1.807, 2.05) is 17.5 Å². The number of sulfonamides is 1. The number of carbonyl (C=O) groups is 2. The summed E-state index contributed by atoms with van der Waals surface area (Å²) in [6, 6.07) is 7.66. The van der Waals surface area contributed by atoms with E-state index in [4.69, 9.17) is 14.2 Å². The fourth-order valence-electron chi connectivity index (χ4n) is 2.41. The molecule has 0 spiro atoms. The zero-order chi connectivity index (χ0) is 22.1. The number of esters is 1. The third kappa shape index (κ3) is 6.52. The fourth-order valence-corrected chi connectivity index (χ4v) is 4.38. The molecule has 0 aliphatic heterocycles. The number of nitrogens with one attached hydrogen (secondary N) is 1. The van der Waals surface area contributed by atoms with Gasteiger partial charge >= 0.3 is 5.97 Å². The molecule has 1 heterocycles. The lowest BCUT2D eigenvalue weighted by Crippen LogP contribution is -2.30. The molecule has 0 radical (unpaired) electrons. The number of carbonyl (C=O) groups excluding carboxylic acids is 2. The van der Waals surface area contributed by atoms with Crippen molar-refractivity contribution in [3.05, 3.63) is 46.2 Å². The molecule has 1 amide bonds. The lowest BCUT2D eigenvalue weighted by molar-refractivity contribution is -0.133. The highest BCUT2D eigenvalue weighted by molar-refractivity contribution is 7.89. The molecule has 9 nitrogen and oxygen atoms in total. The van der Waals surface area contributed by atoms with Crippen LogP contribution in [0, 0.1) is 0 Å². The molecule has 0 saturated heterocycles. The van der Waals surface area contributed by atoms with Crippen LogP contribution in [0.2, 0.25) is 0 Å². The molecule has 11 heteroatoms. The summed E-state index contributed by atoms with van der Waals surface area (Å²) in [7, 11) is 0.441. The third-order valence-electron chi connectivity index (χ3n) is 4.01. The van der Waals surface area contributed by atoms with E-state index >= 15 is 0 Å². The van der Waals surface area contributed by atoms with Crippen LogP contribution in [0.3, 0.4) is 0 Å². The molecule has 1 aromatic heterocycles. The van der Waals surface area contributed by atoms with Crippen molar-refractivity contribution in [2.24, 2.45) is 0 Å². The molecule has 30 heavy (non-hydrogen) atoms. The smallest absolute Gasteiger partial charge is 0.338 e. The highest BCUT2D eigenvalue weighted by atomic mass is 32.2. The summed E-state index contributed by atoms with van der Waals surface area (Å²) >= 11 is 1.52. The molecular formula is C19H24N2O7S2. The van der Waals surface area contributed by atoms with Gasteiger partial charge < -0.3 is 19.1 Å². The van der Waals surface area contributed by atoms with Crippen LogP contribution in [-0.4, -0.2) is 66.2 Å². The van der Waals surface area contributed by atoms with Crippen molar-refractivity contribution in [3.8, 4) is 5.75 Å².